The first-order valence-electron chi connectivity index (χ1n) is 6.82. The van der Waals surface area contributed by atoms with Crippen LogP contribution in [0.2, 0.25) is 0 Å². The van der Waals surface area contributed by atoms with E-state index in [0.717, 1.165) is 21.5 Å². The predicted molar refractivity (Wildman–Crippen MR) is 82.7 cm³/mol. The first-order valence-corrected chi connectivity index (χ1v) is 6.82. The number of ketones is 1. The molecule has 0 aliphatic heterocycles. The summed E-state index contributed by atoms with van der Waals surface area (Å²) in [5, 5.41) is 12.5. The normalized spacial score (nSPS) is 10.9. The first kappa shape index (κ1) is 13.3. The molecule has 0 aliphatic carbocycles. The Morgan fingerprint density at radius 2 is 1.33 bits per heavy atom. The number of benzene rings is 3. The van der Waals surface area contributed by atoms with Crippen LogP contribution in [0.3, 0.4) is 0 Å². The van der Waals surface area contributed by atoms with Crippen LogP contribution in [-0.4, -0.2) is 16.9 Å². The molecule has 0 aliphatic rings. The molecular weight excluding hydrogens is 264 g/mol. The van der Waals surface area contributed by atoms with E-state index in [1.165, 1.54) is 0 Å². The van der Waals surface area contributed by atoms with Crippen molar-refractivity contribution in [3.8, 4) is 0 Å². The Labute approximate surface area is 121 Å². The van der Waals surface area contributed by atoms with E-state index >= 15 is 0 Å². The Bertz CT molecular complexity index is 795. The molecule has 3 aromatic carbocycles. The van der Waals surface area contributed by atoms with E-state index in [2.05, 4.69) is 6.07 Å². The largest absolute Gasteiger partial charge is 0.481 e. The van der Waals surface area contributed by atoms with E-state index in [1.807, 2.05) is 48.5 Å². The van der Waals surface area contributed by atoms with Crippen LogP contribution in [0.1, 0.15) is 23.2 Å². The zero-order chi connectivity index (χ0) is 14.8. The van der Waals surface area contributed by atoms with E-state index < -0.39 is 5.97 Å². The number of rotatable bonds is 4. The molecule has 3 heteroatoms. The first-order chi connectivity index (χ1) is 10.2. The minimum absolute atomic E-state index is 0.0212. The highest BCUT2D eigenvalue weighted by atomic mass is 16.4. The fourth-order valence-corrected chi connectivity index (χ4v) is 2.66. The molecule has 0 unspecified atom stereocenters. The van der Waals surface area contributed by atoms with Crippen LogP contribution in [0.15, 0.2) is 54.6 Å². The molecule has 3 rings (SSSR count). The molecule has 21 heavy (non-hydrogen) atoms. The highest BCUT2D eigenvalue weighted by molar-refractivity contribution is 6.19. The molecule has 0 atom stereocenters. The minimum atomic E-state index is -0.951. The second kappa shape index (κ2) is 5.37. The maximum absolute atomic E-state index is 12.5. The topological polar surface area (TPSA) is 54.4 Å². The third-order valence-electron chi connectivity index (χ3n) is 3.62. The van der Waals surface area contributed by atoms with E-state index in [0.29, 0.717) is 5.56 Å². The van der Waals surface area contributed by atoms with Crippen LogP contribution >= 0.6 is 0 Å². The Kier molecular flexibility index (Phi) is 3.40. The highest BCUT2D eigenvalue weighted by Gasteiger charge is 2.15. The van der Waals surface area contributed by atoms with Gasteiger partial charge in [-0.15, -0.1) is 0 Å². The van der Waals surface area contributed by atoms with Crippen LogP contribution < -0.4 is 0 Å². The van der Waals surface area contributed by atoms with E-state index in [4.69, 9.17) is 5.11 Å². The van der Waals surface area contributed by atoms with Gasteiger partial charge in [0.25, 0.3) is 0 Å². The van der Waals surface area contributed by atoms with Crippen LogP contribution in [0, 0.1) is 0 Å². The molecule has 0 fully saturated rings. The van der Waals surface area contributed by atoms with Gasteiger partial charge in [0.2, 0.25) is 0 Å². The van der Waals surface area contributed by atoms with Crippen LogP contribution in [0.25, 0.3) is 21.5 Å². The van der Waals surface area contributed by atoms with Gasteiger partial charge in [-0.25, -0.2) is 0 Å². The number of carboxylic acids is 1. The lowest BCUT2D eigenvalue weighted by molar-refractivity contribution is -0.136. The van der Waals surface area contributed by atoms with Gasteiger partial charge < -0.3 is 5.11 Å². The summed E-state index contributed by atoms with van der Waals surface area (Å²) < 4.78 is 0. The molecule has 0 heterocycles. The summed E-state index contributed by atoms with van der Waals surface area (Å²) in [5.74, 6) is -1.07. The Balaban J connectivity index is 2.25. The van der Waals surface area contributed by atoms with Gasteiger partial charge in [0.15, 0.2) is 5.78 Å². The smallest absolute Gasteiger partial charge is 0.303 e. The summed E-state index contributed by atoms with van der Waals surface area (Å²) in [6, 6.07) is 17.5. The molecule has 0 radical (unpaired) electrons. The summed E-state index contributed by atoms with van der Waals surface area (Å²) in [4.78, 5) is 23.2. The van der Waals surface area contributed by atoms with Crippen molar-refractivity contribution in [2.45, 2.75) is 12.8 Å². The quantitative estimate of drug-likeness (QED) is 0.579. The van der Waals surface area contributed by atoms with E-state index in [1.54, 1.807) is 0 Å². The van der Waals surface area contributed by atoms with Crippen molar-refractivity contribution in [2.24, 2.45) is 0 Å². The molecule has 3 aromatic rings. The van der Waals surface area contributed by atoms with Crippen molar-refractivity contribution in [3.63, 3.8) is 0 Å². The lowest BCUT2D eigenvalue weighted by Crippen LogP contribution is -2.05. The second-order valence-corrected chi connectivity index (χ2v) is 5.01. The second-order valence-electron chi connectivity index (χ2n) is 5.01. The number of carbonyl (C=O) groups excluding carboxylic acids is 1. The van der Waals surface area contributed by atoms with Crippen LogP contribution in [-0.2, 0) is 4.79 Å². The molecule has 104 valence electrons. The average Bonchev–Trinajstić information content (AvgIpc) is 2.50. The van der Waals surface area contributed by atoms with Crippen LogP contribution in [0.5, 0.6) is 0 Å². The lowest BCUT2D eigenvalue weighted by atomic mass is 9.93. The molecule has 0 aromatic heterocycles. The van der Waals surface area contributed by atoms with Crippen molar-refractivity contribution in [3.05, 3.63) is 60.2 Å². The monoisotopic (exact) mass is 278 g/mol. The minimum Gasteiger partial charge on any atom is -0.481 e. The summed E-state index contributed by atoms with van der Waals surface area (Å²) in [5.41, 5.74) is 0.630. The van der Waals surface area contributed by atoms with Crippen molar-refractivity contribution in [2.75, 3.05) is 0 Å². The van der Waals surface area contributed by atoms with Gasteiger partial charge in [-0.3, -0.25) is 9.59 Å². The summed E-state index contributed by atoms with van der Waals surface area (Å²) in [6.45, 7) is 0. The predicted octanol–water partition coefficient (Wildman–Crippen LogP) is 4.04. The van der Waals surface area contributed by atoms with Gasteiger partial charge in [-0.05, 0) is 27.6 Å². The maximum Gasteiger partial charge on any atom is 0.303 e. The molecule has 0 saturated carbocycles. The maximum atomic E-state index is 12.5. The average molecular weight is 278 g/mol. The van der Waals surface area contributed by atoms with Gasteiger partial charge in [-0.1, -0.05) is 48.5 Å². The molecule has 0 saturated heterocycles. The molecule has 0 amide bonds. The number of hydrogen-bond acceptors (Lipinski definition) is 2. The molecular formula is C18H14O3. The molecule has 0 bridgehead atoms. The number of carboxylic acid groups (broad SMARTS) is 1. The SMILES string of the molecule is O=C(O)CCC(=O)c1c2ccccc2cc2ccccc12. The van der Waals surface area contributed by atoms with Crippen LogP contribution in [0.4, 0.5) is 0 Å². The number of fused-ring (bicyclic) bond motifs is 2. The zero-order valence-electron chi connectivity index (χ0n) is 11.4. The number of aliphatic carboxylic acids is 1. The zero-order valence-corrected chi connectivity index (χ0v) is 11.4. The van der Waals surface area contributed by atoms with Crippen molar-refractivity contribution < 1.29 is 14.7 Å². The van der Waals surface area contributed by atoms with E-state index in [-0.39, 0.29) is 18.6 Å². The highest BCUT2D eigenvalue weighted by Crippen LogP contribution is 2.29. The fraction of sp³-hybridized carbons (Fsp3) is 0.111. The Morgan fingerprint density at radius 3 is 1.86 bits per heavy atom. The molecule has 0 spiro atoms. The number of hydrogen-bond donors (Lipinski definition) is 1. The molecule has 1 N–H and O–H groups in total. The fourth-order valence-electron chi connectivity index (χ4n) is 2.66. The Morgan fingerprint density at radius 1 is 0.810 bits per heavy atom. The number of Topliss-reactive ketones (excluding diaryl/α,β-unsaturated/α-hetero) is 1. The summed E-state index contributed by atoms with van der Waals surface area (Å²) in [6.07, 6.45) is -0.121. The van der Waals surface area contributed by atoms with Crippen molar-refractivity contribution in [1.29, 1.82) is 0 Å². The molecule has 3 nitrogen and oxygen atoms in total. The third-order valence-corrected chi connectivity index (χ3v) is 3.62. The van der Waals surface area contributed by atoms with Crippen molar-refractivity contribution in [1.82, 2.24) is 0 Å². The third kappa shape index (κ3) is 2.50. The standard InChI is InChI=1S/C18H14O3/c19-16(9-10-17(20)21)18-14-7-3-1-5-12(14)11-13-6-2-4-8-15(13)18/h1-8,11H,9-10H2,(H,20,21). The lowest BCUT2D eigenvalue weighted by Gasteiger charge is -2.10. The summed E-state index contributed by atoms with van der Waals surface area (Å²) >= 11 is 0. The van der Waals surface area contributed by atoms with Gasteiger partial charge in [-0.2, -0.15) is 0 Å². The van der Waals surface area contributed by atoms with E-state index in [9.17, 15) is 9.59 Å². The van der Waals surface area contributed by atoms with Gasteiger partial charge in [0.05, 0.1) is 6.42 Å². The summed E-state index contributed by atoms with van der Waals surface area (Å²) in [7, 11) is 0. The van der Waals surface area contributed by atoms with Gasteiger partial charge in [0, 0.05) is 12.0 Å². The van der Waals surface area contributed by atoms with Gasteiger partial charge >= 0.3 is 5.97 Å². The number of carbonyl (C=O) groups is 2. The Hall–Kier alpha value is -2.68. The van der Waals surface area contributed by atoms with Crippen molar-refractivity contribution >= 4 is 33.3 Å². The van der Waals surface area contributed by atoms with Gasteiger partial charge in [0.1, 0.15) is 0 Å².